The Labute approximate surface area is 180 Å². The second-order valence-electron chi connectivity index (χ2n) is 7.11. The molecule has 4 rings (SSSR count). The highest BCUT2D eigenvalue weighted by Gasteiger charge is 2.15. The minimum atomic E-state index is -0.0458. The number of anilines is 1. The summed E-state index contributed by atoms with van der Waals surface area (Å²) >= 11 is 1.42. The number of thioether (sulfide) groups is 1. The number of para-hydroxylation sites is 1. The van der Waals surface area contributed by atoms with Gasteiger partial charge in [0.05, 0.1) is 5.75 Å². The van der Waals surface area contributed by atoms with Crippen LogP contribution in [-0.4, -0.2) is 26.4 Å². The summed E-state index contributed by atoms with van der Waals surface area (Å²) in [5, 5.41) is 15.0. The molecule has 1 heterocycles. The van der Waals surface area contributed by atoms with Crippen LogP contribution in [0.4, 0.5) is 5.69 Å². The molecular formula is C24H24N4OS. The first kappa shape index (κ1) is 20.2. The molecule has 0 radical (unpaired) electrons. The predicted octanol–water partition coefficient (Wildman–Crippen LogP) is 5.08. The first-order valence-corrected chi connectivity index (χ1v) is 11.0. The van der Waals surface area contributed by atoms with Gasteiger partial charge in [-0.25, -0.2) is 0 Å². The minimum absolute atomic E-state index is 0.0458. The molecule has 0 saturated heterocycles. The molecule has 0 saturated carbocycles. The maximum atomic E-state index is 12.4. The van der Waals surface area contributed by atoms with E-state index in [9.17, 15) is 4.79 Å². The Morgan fingerprint density at radius 2 is 1.77 bits per heavy atom. The number of fused-ring (bicyclic) bond motifs is 1. The van der Waals surface area contributed by atoms with Crippen LogP contribution in [0.5, 0.6) is 0 Å². The van der Waals surface area contributed by atoms with Crippen LogP contribution in [0.3, 0.4) is 0 Å². The van der Waals surface area contributed by atoms with Gasteiger partial charge in [0, 0.05) is 18.7 Å². The first-order chi connectivity index (χ1) is 14.7. The maximum Gasteiger partial charge on any atom is 0.234 e. The maximum absolute atomic E-state index is 12.4. The van der Waals surface area contributed by atoms with Crippen LogP contribution in [-0.2, 0) is 17.8 Å². The summed E-state index contributed by atoms with van der Waals surface area (Å²) in [7, 11) is 0. The number of carbonyl (C=O) groups is 1. The number of aromatic nitrogens is 3. The van der Waals surface area contributed by atoms with Gasteiger partial charge in [0.15, 0.2) is 5.16 Å². The molecule has 5 nitrogen and oxygen atoms in total. The fourth-order valence-electron chi connectivity index (χ4n) is 3.52. The Kier molecular flexibility index (Phi) is 6.14. The molecule has 3 aromatic carbocycles. The molecule has 152 valence electrons. The molecule has 0 spiro atoms. The van der Waals surface area contributed by atoms with Gasteiger partial charge in [0.2, 0.25) is 5.91 Å². The molecule has 6 heteroatoms. The number of hydrogen-bond donors (Lipinski definition) is 1. The van der Waals surface area contributed by atoms with Crippen molar-refractivity contribution in [3.63, 3.8) is 0 Å². The lowest BCUT2D eigenvalue weighted by Gasteiger charge is -2.10. The quantitative estimate of drug-likeness (QED) is 0.427. The van der Waals surface area contributed by atoms with Crippen LogP contribution in [0.15, 0.2) is 71.9 Å². The molecule has 4 aromatic rings. The highest BCUT2D eigenvalue weighted by Crippen LogP contribution is 2.23. The molecule has 0 aliphatic carbocycles. The molecule has 0 aliphatic heterocycles. The number of nitrogens with one attached hydrogen (secondary N) is 1. The van der Waals surface area contributed by atoms with E-state index in [2.05, 4.69) is 69.5 Å². The fourth-order valence-corrected chi connectivity index (χ4v) is 4.34. The second-order valence-corrected chi connectivity index (χ2v) is 8.05. The zero-order valence-electron chi connectivity index (χ0n) is 17.1. The van der Waals surface area contributed by atoms with E-state index in [1.165, 1.54) is 28.1 Å². The van der Waals surface area contributed by atoms with Crippen LogP contribution in [0.2, 0.25) is 0 Å². The lowest BCUT2D eigenvalue weighted by molar-refractivity contribution is -0.113. The van der Waals surface area contributed by atoms with E-state index in [4.69, 9.17) is 0 Å². The highest BCUT2D eigenvalue weighted by atomic mass is 32.2. The normalized spacial score (nSPS) is 11.0. The van der Waals surface area contributed by atoms with Gasteiger partial charge >= 0.3 is 0 Å². The van der Waals surface area contributed by atoms with Crippen LogP contribution in [0, 0.1) is 6.92 Å². The average Bonchev–Trinajstić information content (AvgIpc) is 3.15. The smallest absolute Gasteiger partial charge is 0.234 e. The molecule has 0 unspecified atom stereocenters. The van der Waals surface area contributed by atoms with Crippen molar-refractivity contribution in [2.45, 2.75) is 32.0 Å². The molecule has 1 aromatic heterocycles. The van der Waals surface area contributed by atoms with Gasteiger partial charge in [-0.2, -0.15) is 0 Å². The molecule has 30 heavy (non-hydrogen) atoms. The Hall–Kier alpha value is -3.12. The van der Waals surface area contributed by atoms with Gasteiger partial charge in [0.25, 0.3) is 0 Å². The van der Waals surface area contributed by atoms with Gasteiger partial charge in [-0.15, -0.1) is 10.2 Å². The first-order valence-electron chi connectivity index (χ1n) is 10.0. The van der Waals surface area contributed by atoms with Crippen LogP contribution in [0.1, 0.15) is 23.9 Å². The van der Waals surface area contributed by atoms with E-state index < -0.39 is 0 Å². The molecule has 0 fully saturated rings. The summed E-state index contributed by atoms with van der Waals surface area (Å²) < 4.78 is 2.09. The minimum Gasteiger partial charge on any atom is -0.325 e. The zero-order chi connectivity index (χ0) is 20.9. The Morgan fingerprint density at radius 3 is 2.60 bits per heavy atom. The standard InChI is InChI=1S/C24H24N4OS/c1-3-28-22(15-19-12-8-11-18-10-5-6-13-20(18)19)26-27-24(28)30-16-23(29)25-21-14-7-4-9-17(21)2/h4-14H,3,15-16H2,1-2H3,(H,25,29). The highest BCUT2D eigenvalue weighted by molar-refractivity contribution is 7.99. The van der Waals surface area contributed by atoms with E-state index in [0.717, 1.165) is 28.8 Å². The number of aryl methyl sites for hydroxylation is 1. The van der Waals surface area contributed by atoms with Crippen LogP contribution < -0.4 is 5.32 Å². The van der Waals surface area contributed by atoms with Crippen molar-refractivity contribution >= 4 is 34.1 Å². The summed E-state index contributed by atoms with van der Waals surface area (Å²) in [4.78, 5) is 12.4. The van der Waals surface area contributed by atoms with E-state index in [0.29, 0.717) is 12.2 Å². The average molecular weight is 417 g/mol. The molecule has 1 amide bonds. The largest absolute Gasteiger partial charge is 0.325 e. The summed E-state index contributed by atoms with van der Waals surface area (Å²) in [6, 6.07) is 22.5. The predicted molar refractivity (Wildman–Crippen MR) is 123 cm³/mol. The number of benzene rings is 3. The number of carbonyl (C=O) groups excluding carboxylic acids is 1. The van der Waals surface area contributed by atoms with Crippen molar-refractivity contribution < 1.29 is 4.79 Å². The summed E-state index contributed by atoms with van der Waals surface area (Å²) in [5.74, 6) is 1.16. The van der Waals surface area contributed by atoms with Crippen molar-refractivity contribution in [3.05, 3.63) is 83.7 Å². The van der Waals surface area contributed by atoms with Crippen molar-refractivity contribution in [3.8, 4) is 0 Å². The van der Waals surface area contributed by atoms with Gasteiger partial charge in [0.1, 0.15) is 5.82 Å². The lowest BCUT2D eigenvalue weighted by Crippen LogP contribution is -2.15. The molecule has 0 aliphatic rings. The molecule has 0 atom stereocenters. The Balaban J connectivity index is 1.47. The van der Waals surface area contributed by atoms with Gasteiger partial charge in [-0.3, -0.25) is 4.79 Å². The van der Waals surface area contributed by atoms with E-state index >= 15 is 0 Å². The summed E-state index contributed by atoms with van der Waals surface area (Å²) in [5.41, 5.74) is 3.12. The second kappa shape index (κ2) is 9.13. The number of hydrogen-bond acceptors (Lipinski definition) is 4. The number of amides is 1. The summed E-state index contributed by atoms with van der Waals surface area (Å²) in [6.07, 6.45) is 0.707. The van der Waals surface area contributed by atoms with E-state index in [-0.39, 0.29) is 5.91 Å². The monoisotopic (exact) mass is 416 g/mol. The third kappa shape index (κ3) is 4.39. The Bertz CT molecular complexity index is 1180. The van der Waals surface area contributed by atoms with Crippen molar-refractivity contribution in [2.24, 2.45) is 0 Å². The van der Waals surface area contributed by atoms with Gasteiger partial charge in [-0.1, -0.05) is 72.4 Å². The number of rotatable bonds is 7. The van der Waals surface area contributed by atoms with Crippen molar-refractivity contribution in [1.82, 2.24) is 14.8 Å². The third-order valence-electron chi connectivity index (χ3n) is 5.09. The Morgan fingerprint density at radius 1 is 1.00 bits per heavy atom. The van der Waals surface area contributed by atoms with E-state index in [1.807, 2.05) is 31.2 Å². The van der Waals surface area contributed by atoms with Crippen molar-refractivity contribution in [2.75, 3.05) is 11.1 Å². The third-order valence-corrected chi connectivity index (χ3v) is 6.06. The van der Waals surface area contributed by atoms with Crippen LogP contribution in [0.25, 0.3) is 10.8 Å². The zero-order valence-corrected chi connectivity index (χ0v) is 17.9. The van der Waals surface area contributed by atoms with Crippen LogP contribution >= 0.6 is 11.8 Å². The van der Waals surface area contributed by atoms with Gasteiger partial charge in [-0.05, 0) is 41.8 Å². The molecule has 1 N–H and O–H groups in total. The topological polar surface area (TPSA) is 59.8 Å². The lowest BCUT2D eigenvalue weighted by atomic mass is 10.0. The number of nitrogens with zero attached hydrogens (tertiary/aromatic N) is 3. The van der Waals surface area contributed by atoms with Gasteiger partial charge < -0.3 is 9.88 Å². The molecule has 0 bridgehead atoms. The fraction of sp³-hybridized carbons (Fsp3) is 0.208. The van der Waals surface area contributed by atoms with Crippen molar-refractivity contribution in [1.29, 1.82) is 0 Å². The van der Waals surface area contributed by atoms with E-state index in [1.54, 1.807) is 0 Å². The SMILES string of the molecule is CCn1c(Cc2cccc3ccccc23)nnc1SCC(=O)Nc1ccccc1C. The molecular weight excluding hydrogens is 392 g/mol. The summed E-state index contributed by atoms with van der Waals surface area (Å²) in [6.45, 7) is 4.82.